The van der Waals surface area contributed by atoms with Gasteiger partial charge in [-0.05, 0) is 31.5 Å². The van der Waals surface area contributed by atoms with E-state index in [1.54, 1.807) is 37.3 Å². The molecule has 3 aromatic rings. The monoisotopic (exact) mass is 436 g/mol. The van der Waals surface area contributed by atoms with E-state index in [1.165, 1.54) is 20.4 Å². The SMILES string of the molecule is CNC(=O)c1cnc(Nc2cc(C)nc(C)n2)cc1NC(=O)c1ccc(CO)cc1OC. The molecule has 0 radical (unpaired) electrons. The van der Waals surface area contributed by atoms with Crippen LogP contribution in [0, 0.1) is 13.8 Å². The van der Waals surface area contributed by atoms with Crippen LogP contribution in [0.25, 0.3) is 0 Å². The van der Waals surface area contributed by atoms with Gasteiger partial charge in [0.1, 0.15) is 23.2 Å². The summed E-state index contributed by atoms with van der Waals surface area (Å²) in [5, 5.41) is 17.7. The molecule has 10 nitrogen and oxygen atoms in total. The van der Waals surface area contributed by atoms with E-state index in [2.05, 4.69) is 30.9 Å². The highest BCUT2D eigenvalue weighted by Crippen LogP contribution is 2.25. The molecule has 2 aromatic heterocycles. The van der Waals surface area contributed by atoms with E-state index in [9.17, 15) is 14.7 Å². The maximum absolute atomic E-state index is 13.0. The van der Waals surface area contributed by atoms with Gasteiger partial charge in [0, 0.05) is 31.1 Å². The number of hydrogen-bond donors (Lipinski definition) is 4. The minimum Gasteiger partial charge on any atom is -0.496 e. The van der Waals surface area contributed by atoms with Gasteiger partial charge in [0.15, 0.2) is 0 Å². The Kier molecular flexibility index (Phi) is 6.96. The molecule has 0 aliphatic heterocycles. The smallest absolute Gasteiger partial charge is 0.259 e. The van der Waals surface area contributed by atoms with Crippen molar-refractivity contribution in [2.24, 2.45) is 0 Å². The summed E-state index contributed by atoms with van der Waals surface area (Å²) in [6.45, 7) is 3.45. The van der Waals surface area contributed by atoms with Crippen molar-refractivity contribution < 1.29 is 19.4 Å². The van der Waals surface area contributed by atoms with Gasteiger partial charge in [-0.15, -0.1) is 0 Å². The predicted octanol–water partition coefficient (Wildman–Crippen LogP) is 2.34. The third kappa shape index (κ3) is 5.16. The third-order valence-corrected chi connectivity index (χ3v) is 4.54. The first-order valence-corrected chi connectivity index (χ1v) is 9.75. The zero-order valence-electron chi connectivity index (χ0n) is 18.2. The van der Waals surface area contributed by atoms with Crippen LogP contribution in [0.15, 0.2) is 36.5 Å². The Morgan fingerprint density at radius 2 is 1.81 bits per heavy atom. The summed E-state index contributed by atoms with van der Waals surface area (Å²) >= 11 is 0. The molecule has 0 atom stereocenters. The summed E-state index contributed by atoms with van der Waals surface area (Å²) in [6, 6.07) is 8.05. The lowest BCUT2D eigenvalue weighted by Crippen LogP contribution is -2.22. The highest BCUT2D eigenvalue weighted by atomic mass is 16.5. The number of nitrogens with zero attached hydrogens (tertiary/aromatic N) is 3. The number of aliphatic hydroxyl groups excluding tert-OH is 1. The molecular weight excluding hydrogens is 412 g/mol. The van der Waals surface area contributed by atoms with Crippen LogP contribution in [0.2, 0.25) is 0 Å². The summed E-state index contributed by atoms with van der Waals surface area (Å²) in [6.07, 6.45) is 1.36. The van der Waals surface area contributed by atoms with Crippen molar-refractivity contribution in [1.82, 2.24) is 20.3 Å². The minimum atomic E-state index is -0.484. The van der Waals surface area contributed by atoms with Crippen molar-refractivity contribution in [3.8, 4) is 5.75 Å². The average molecular weight is 436 g/mol. The van der Waals surface area contributed by atoms with Crippen LogP contribution in [0.3, 0.4) is 0 Å². The summed E-state index contributed by atoms with van der Waals surface area (Å²) in [4.78, 5) is 38.1. The van der Waals surface area contributed by atoms with Crippen molar-refractivity contribution in [2.45, 2.75) is 20.5 Å². The van der Waals surface area contributed by atoms with E-state index >= 15 is 0 Å². The number of pyridine rings is 1. The lowest BCUT2D eigenvalue weighted by atomic mass is 10.1. The second kappa shape index (κ2) is 9.84. The van der Waals surface area contributed by atoms with Crippen molar-refractivity contribution in [1.29, 1.82) is 0 Å². The first kappa shape index (κ1) is 22.6. The van der Waals surface area contributed by atoms with Crippen LogP contribution in [-0.4, -0.2) is 46.0 Å². The summed E-state index contributed by atoms with van der Waals surface area (Å²) in [7, 11) is 2.92. The number of ether oxygens (including phenoxy) is 1. The number of aliphatic hydroxyl groups is 1. The zero-order valence-corrected chi connectivity index (χ0v) is 18.2. The second-order valence-electron chi connectivity index (χ2n) is 6.91. The van der Waals surface area contributed by atoms with Crippen molar-refractivity contribution in [3.05, 3.63) is 64.7 Å². The molecule has 0 aliphatic carbocycles. The number of rotatable bonds is 7. The van der Waals surface area contributed by atoms with E-state index in [-0.39, 0.29) is 23.4 Å². The van der Waals surface area contributed by atoms with Crippen LogP contribution in [0.1, 0.15) is 37.8 Å². The number of aromatic nitrogens is 3. The largest absolute Gasteiger partial charge is 0.496 e. The zero-order chi connectivity index (χ0) is 23.3. The first-order chi connectivity index (χ1) is 15.3. The van der Waals surface area contributed by atoms with Gasteiger partial charge in [0.25, 0.3) is 11.8 Å². The van der Waals surface area contributed by atoms with Crippen molar-refractivity contribution in [2.75, 3.05) is 24.8 Å². The number of benzene rings is 1. The molecule has 3 rings (SSSR count). The van der Waals surface area contributed by atoms with Crippen LogP contribution in [-0.2, 0) is 6.61 Å². The molecule has 10 heteroatoms. The van der Waals surface area contributed by atoms with Gasteiger partial charge in [-0.2, -0.15) is 0 Å². The molecule has 0 aliphatic rings. The topological polar surface area (TPSA) is 138 Å². The van der Waals surface area contributed by atoms with Crippen molar-refractivity contribution in [3.63, 3.8) is 0 Å². The van der Waals surface area contributed by atoms with Crippen LogP contribution in [0.4, 0.5) is 17.3 Å². The Labute approximate surface area is 185 Å². The molecule has 0 saturated heterocycles. The molecule has 166 valence electrons. The van der Waals surface area contributed by atoms with E-state index < -0.39 is 11.8 Å². The lowest BCUT2D eigenvalue weighted by Gasteiger charge is -2.14. The number of aryl methyl sites for hydroxylation is 2. The quantitative estimate of drug-likeness (QED) is 0.443. The normalized spacial score (nSPS) is 10.4. The minimum absolute atomic E-state index is 0.180. The van der Waals surface area contributed by atoms with Gasteiger partial charge in [0.05, 0.1) is 30.5 Å². The van der Waals surface area contributed by atoms with Gasteiger partial charge in [-0.25, -0.2) is 15.0 Å². The molecule has 0 spiro atoms. The molecule has 32 heavy (non-hydrogen) atoms. The molecule has 2 heterocycles. The second-order valence-corrected chi connectivity index (χ2v) is 6.91. The lowest BCUT2D eigenvalue weighted by molar-refractivity contribution is 0.0963. The van der Waals surface area contributed by atoms with E-state index in [0.717, 1.165) is 5.69 Å². The Bertz CT molecular complexity index is 1140. The highest BCUT2D eigenvalue weighted by molar-refractivity contribution is 6.10. The van der Waals surface area contributed by atoms with Crippen LogP contribution >= 0.6 is 0 Å². The van der Waals surface area contributed by atoms with E-state index in [4.69, 9.17) is 4.74 Å². The number of hydrogen-bond acceptors (Lipinski definition) is 8. The highest BCUT2D eigenvalue weighted by Gasteiger charge is 2.18. The summed E-state index contributed by atoms with van der Waals surface area (Å²) < 4.78 is 5.28. The van der Waals surface area contributed by atoms with E-state index in [1.807, 2.05) is 6.92 Å². The molecule has 0 bridgehead atoms. The fourth-order valence-corrected chi connectivity index (χ4v) is 3.07. The number of nitrogens with one attached hydrogen (secondary N) is 3. The number of methoxy groups -OCH3 is 1. The molecule has 0 fully saturated rings. The Balaban J connectivity index is 1.95. The predicted molar refractivity (Wildman–Crippen MR) is 119 cm³/mol. The Morgan fingerprint density at radius 3 is 2.47 bits per heavy atom. The summed E-state index contributed by atoms with van der Waals surface area (Å²) in [5.74, 6) is 0.927. The fraction of sp³-hybridized carbons (Fsp3) is 0.227. The fourth-order valence-electron chi connectivity index (χ4n) is 3.07. The molecule has 2 amide bonds. The van der Waals surface area contributed by atoms with Gasteiger partial charge >= 0.3 is 0 Å². The van der Waals surface area contributed by atoms with Gasteiger partial charge in [-0.1, -0.05) is 6.07 Å². The molecule has 1 aromatic carbocycles. The standard InChI is InChI=1S/C22H24N6O4/c1-12-7-20(26-13(2)25-12)28-19-9-17(16(10-24-19)21(30)23-3)27-22(31)15-6-5-14(11-29)8-18(15)32-4/h5-10,29H,11H2,1-4H3,(H,23,30)(H2,24,25,26,27,28,31). The van der Waals surface area contributed by atoms with Crippen LogP contribution in [0.5, 0.6) is 5.75 Å². The Hall–Kier alpha value is -4.05. The average Bonchev–Trinajstić information content (AvgIpc) is 2.77. The molecular formula is C22H24N6O4. The number of carbonyl (C=O) groups is 2. The van der Waals surface area contributed by atoms with Crippen LogP contribution < -0.4 is 20.7 Å². The Morgan fingerprint density at radius 1 is 1.03 bits per heavy atom. The first-order valence-electron chi connectivity index (χ1n) is 9.75. The molecule has 0 unspecified atom stereocenters. The van der Waals surface area contributed by atoms with Crippen molar-refractivity contribution >= 4 is 29.1 Å². The third-order valence-electron chi connectivity index (χ3n) is 4.54. The van der Waals surface area contributed by atoms with Gasteiger partial charge in [-0.3, -0.25) is 9.59 Å². The molecule has 4 N–H and O–H groups in total. The maximum atomic E-state index is 13.0. The maximum Gasteiger partial charge on any atom is 0.259 e. The number of amides is 2. The summed E-state index contributed by atoms with van der Waals surface area (Å²) in [5.41, 5.74) is 2.08. The van der Waals surface area contributed by atoms with Gasteiger partial charge in [0.2, 0.25) is 0 Å². The number of anilines is 3. The van der Waals surface area contributed by atoms with Gasteiger partial charge < -0.3 is 25.8 Å². The van der Waals surface area contributed by atoms with E-state index in [0.29, 0.717) is 28.8 Å². The number of carbonyl (C=O) groups excluding carboxylic acids is 2. The molecule has 0 saturated carbocycles.